The van der Waals surface area contributed by atoms with E-state index >= 15 is 0 Å². The highest BCUT2D eigenvalue weighted by molar-refractivity contribution is 5.91. The Morgan fingerprint density at radius 2 is 1.94 bits per heavy atom. The third-order valence-corrected chi connectivity index (χ3v) is 2.13. The topological polar surface area (TPSA) is 38.3 Å². The molecule has 0 fully saturated rings. The van der Waals surface area contributed by atoms with Gasteiger partial charge in [-0.05, 0) is 51.5 Å². The molecule has 3 heteroatoms. The Kier molecular flexibility index (Phi) is 3.58. The highest BCUT2D eigenvalue weighted by Crippen LogP contribution is 2.18. The smallest absolute Gasteiger partial charge is 0.338 e. The molecule has 0 unspecified atom stereocenters. The number of carbonyl (C=O) groups is 1. The van der Waals surface area contributed by atoms with Gasteiger partial charge in [-0.3, -0.25) is 0 Å². The molecule has 0 aliphatic rings. The second-order valence-corrected chi connectivity index (χ2v) is 4.78. The second-order valence-electron chi connectivity index (χ2n) is 4.78. The van der Waals surface area contributed by atoms with Gasteiger partial charge in [0.1, 0.15) is 5.60 Å². The van der Waals surface area contributed by atoms with Crippen molar-refractivity contribution in [2.24, 2.45) is 0 Å². The monoisotopic (exact) mass is 221 g/mol. The van der Waals surface area contributed by atoms with Crippen LogP contribution in [-0.4, -0.2) is 18.6 Å². The summed E-state index contributed by atoms with van der Waals surface area (Å²) in [6, 6.07) is 5.58. The summed E-state index contributed by atoms with van der Waals surface area (Å²) in [5, 5.41) is 3.03. The number of anilines is 1. The summed E-state index contributed by atoms with van der Waals surface area (Å²) in [6.45, 7) is 7.49. The van der Waals surface area contributed by atoms with E-state index in [-0.39, 0.29) is 5.97 Å². The number of nitrogens with one attached hydrogen (secondary N) is 1. The number of ether oxygens (including phenoxy) is 1. The molecule has 0 bridgehead atoms. The Morgan fingerprint density at radius 3 is 2.38 bits per heavy atom. The lowest BCUT2D eigenvalue weighted by molar-refractivity contribution is 0.00688. The molecule has 16 heavy (non-hydrogen) atoms. The minimum absolute atomic E-state index is 0.271. The minimum Gasteiger partial charge on any atom is -0.456 e. The lowest BCUT2D eigenvalue weighted by Gasteiger charge is -2.20. The molecule has 3 nitrogen and oxygen atoms in total. The van der Waals surface area contributed by atoms with Gasteiger partial charge in [-0.1, -0.05) is 0 Å². The normalized spacial score (nSPS) is 11.1. The highest BCUT2D eigenvalue weighted by Gasteiger charge is 2.19. The van der Waals surface area contributed by atoms with Gasteiger partial charge in [0, 0.05) is 12.7 Å². The molecule has 0 saturated heterocycles. The fraction of sp³-hybridized carbons (Fsp3) is 0.462. The standard InChI is InChI=1S/C13H19NO2/c1-9-8-10(14-5)6-7-11(9)12(15)16-13(2,3)4/h6-8,14H,1-5H3. The fourth-order valence-electron chi connectivity index (χ4n) is 1.38. The molecule has 1 N–H and O–H groups in total. The summed E-state index contributed by atoms with van der Waals surface area (Å²) < 4.78 is 5.32. The van der Waals surface area contributed by atoms with Crippen molar-refractivity contribution in [1.29, 1.82) is 0 Å². The summed E-state index contributed by atoms with van der Waals surface area (Å²) >= 11 is 0. The first-order valence-corrected chi connectivity index (χ1v) is 5.35. The van der Waals surface area contributed by atoms with Crippen LogP contribution in [0.2, 0.25) is 0 Å². The maximum absolute atomic E-state index is 11.8. The predicted octanol–water partition coefficient (Wildman–Crippen LogP) is 2.99. The molecular weight excluding hydrogens is 202 g/mol. The van der Waals surface area contributed by atoms with Crippen molar-refractivity contribution in [3.05, 3.63) is 29.3 Å². The van der Waals surface area contributed by atoms with Gasteiger partial charge in [-0.2, -0.15) is 0 Å². The van der Waals surface area contributed by atoms with Crippen molar-refractivity contribution in [3.8, 4) is 0 Å². The van der Waals surface area contributed by atoms with Gasteiger partial charge in [-0.25, -0.2) is 4.79 Å². The van der Waals surface area contributed by atoms with Gasteiger partial charge >= 0.3 is 5.97 Å². The van der Waals surface area contributed by atoms with E-state index in [1.807, 2.05) is 46.9 Å². The molecule has 1 rings (SSSR count). The summed E-state index contributed by atoms with van der Waals surface area (Å²) in [6.07, 6.45) is 0. The van der Waals surface area contributed by atoms with Crippen molar-refractivity contribution in [3.63, 3.8) is 0 Å². The first-order valence-electron chi connectivity index (χ1n) is 5.35. The van der Waals surface area contributed by atoms with Crippen molar-refractivity contribution < 1.29 is 9.53 Å². The molecule has 0 spiro atoms. The number of aryl methyl sites for hydroxylation is 1. The van der Waals surface area contributed by atoms with E-state index < -0.39 is 5.60 Å². The zero-order valence-corrected chi connectivity index (χ0v) is 10.5. The van der Waals surface area contributed by atoms with Gasteiger partial charge in [-0.15, -0.1) is 0 Å². The quantitative estimate of drug-likeness (QED) is 0.780. The van der Waals surface area contributed by atoms with Crippen molar-refractivity contribution >= 4 is 11.7 Å². The third kappa shape index (κ3) is 3.26. The summed E-state index contributed by atoms with van der Waals surface area (Å²) in [5.74, 6) is -0.271. The molecule has 0 radical (unpaired) electrons. The van der Waals surface area contributed by atoms with Gasteiger partial charge in [0.2, 0.25) is 0 Å². The number of carbonyl (C=O) groups excluding carboxylic acids is 1. The van der Waals surface area contributed by atoms with Crippen LogP contribution in [0, 0.1) is 6.92 Å². The van der Waals surface area contributed by atoms with E-state index in [4.69, 9.17) is 4.74 Å². The van der Waals surface area contributed by atoms with Gasteiger partial charge in [0.15, 0.2) is 0 Å². The number of hydrogen-bond acceptors (Lipinski definition) is 3. The zero-order valence-electron chi connectivity index (χ0n) is 10.5. The minimum atomic E-state index is -0.453. The van der Waals surface area contributed by atoms with E-state index in [1.54, 1.807) is 6.07 Å². The van der Waals surface area contributed by atoms with Crippen molar-refractivity contribution in [2.45, 2.75) is 33.3 Å². The Balaban J connectivity index is 2.93. The summed E-state index contributed by atoms with van der Waals surface area (Å²) in [5.41, 5.74) is 2.07. The Morgan fingerprint density at radius 1 is 1.31 bits per heavy atom. The van der Waals surface area contributed by atoms with E-state index in [2.05, 4.69) is 5.32 Å². The first kappa shape index (κ1) is 12.6. The van der Waals surface area contributed by atoms with Crippen LogP contribution in [0.5, 0.6) is 0 Å². The molecule has 0 aromatic heterocycles. The molecule has 0 amide bonds. The van der Waals surface area contributed by atoms with E-state index in [0.29, 0.717) is 5.56 Å². The summed E-state index contributed by atoms with van der Waals surface area (Å²) in [7, 11) is 1.85. The largest absolute Gasteiger partial charge is 0.456 e. The lowest BCUT2D eigenvalue weighted by Crippen LogP contribution is -2.24. The Bertz CT molecular complexity index is 391. The van der Waals surface area contributed by atoms with Crippen LogP contribution in [0.4, 0.5) is 5.69 Å². The molecule has 0 atom stereocenters. The number of rotatable bonds is 2. The number of benzene rings is 1. The van der Waals surface area contributed by atoms with Crippen LogP contribution < -0.4 is 5.32 Å². The van der Waals surface area contributed by atoms with E-state index in [1.165, 1.54) is 0 Å². The molecule has 0 heterocycles. The molecule has 0 saturated carbocycles. The van der Waals surface area contributed by atoms with Crippen LogP contribution in [0.3, 0.4) is 0 Å². The zero-order chi connectivity index (χ0) is 12.3. The maximum atomic E-state index is 11.8. The number of hydrogen-bond donors (Lipinski definition) is 1. The molecule has 88 valence electrons. The SMILES string of the molecule is CNc1ccc(C(=O)OC(C)(C)C)c(C)c1. The van der Waals surface area contributed by atoms with E-state index in [0.717, 1.165) is 11.3 Å². The average Bonchev–Trinajstić information content (AvgIpc) is 2.14. The number of esters is 1. The fourth-order valence-corrected chi connectivity index (χ4v) is 1.38. The first-order chi connectivity index (χ1) is 7.33. The lowest BCUT2D eigenvalue weighted by atomic mass is 10.1. The maximum Gasteiger partial charge on any atom is 0.338 e. The molecular formula is C13H19NO2. The van der Waals surface area contributed by atoms with Crippen LogP contribution in [0.25, 0.3) is 0 Å². The predicted molar refractivity (Wildman–Crippen MR) is 65.9 cm³/mol. The van der Waals surface area contributed by atoms with Crippen LogP contribution in [0.15, 0.2) is 18.2 Å². The van der Waals surface area contributed by atoms with Gasteiger partial charge < -0.3 is 10.1 Å². The summed E-state index contributed by atoms with van der Waals surface area (Å²) in [4.78, 5) is 11.8. The van der Waals surface area contributed by atoms with Gasteiger partial charge in [0.25, 0.3) is 0 Å². The molecule has 0 aliphatic heterocycles. The van der Waals surface area contributed by atoms with Crippen LogP contribution in [0.1, 0.15) is 36.7 Å². The Hall–Kier alpha value is -1.51. The molecule has 1 aromatic rings. The average molecular weight is 221 g/mol. The second kappa shape index (κ2) is 4.56. The highest BCUT2D eigenvalue weighted by atomic mass is 16.6. The van der Waals surface area contributed by atoms with Crippen molar-refractivity contribution in [1.82, 2.24) is 0 Å². The van der Waals surface area contributed by atoms with Crippen LogP contribution >= 0.6 is 0 Å². The van der Waals surface area contributed by atoms with E-state index in [9.17, 15) is 4.79 Å². The molecule has 1 aromatic carbocycles. The third-order valence-electron chi connectivity index (χ3n) is 2.13. The van der Waals surface area contributed by atoms with Crippen molar-refractivity contribution in [2.75, 3.05) is 12.4 Å². The van der Waals surface area contributed by atoms with Crippen LogP contribution in [-0.2, 0) is 4.74 Å². The van der Waals surface area contributed by atoms with Gasteiger partial charge in [0.05, 0.1) is 5.56 Å². The Labute approximate surface area is 96.8 Å². The molecule has 0 aliphatic carbocycles.